The van der Waals surface area contributed by atoms with Gasteiger partial charge in [0.1, 0.15) is 16.8 Å². The number of rotatable bonds is 5. The third-order valence-electron chi connectivity index (χ3n) is 3.86. The van der Waals surface area contributed by atoms with Crippen molar-refractivity contribution in [3.63, 3.8) is 0 Å². The third kappa shape index (κ3) is 6.27. The van der Waals surface area contributed by atoms with E-state index in [-0.39, 0.29) is 12.1 Å². The Bertz CT molecular complexity index is 1010. The first-order valence-corrected chi connectivity index (χ1v) is 8.85. The molecule has 1 amide bonds. The van der Waals surface area contributed by atoms with Crippen molar-refractivity contribution < 1.29 is 13.6 Å². The van der Waals surface area contributed by atoms with Crippen molar-refractivity contribution in [2.75, 3.05) is 0 Å². The van der Waals surface area contributed by atoms with Crippen LogP contribution in [0.4, 0.5) is 8.78 Å². The Morgan fingerprint density at radius 3 is 2.38 bits per heavy atom. The van der Waals surface area contributed by atoms with Crippen LogP contribution >= 0.6 is 11.6 Å². The van der Waals surface area contributed by atoms with Crippen LogP contribution in [0, 0.1) is 24.5 Å². The second kappa shape index (κ2) is 10.7. The second-order valence-electron chi connectivity index (χ2n) is 5.76. The molecule has 3 aromatic rings. The topological polar surface area (TPSA) is 42.0 Å². The average molecular weight is 411 g/mol. The van der Waals surface area contributed by atoms with E-state index in [4.69, 9.17) is 11.6 Å². The minimum Gasteiger partial charge on any atom is -0.348 e. The molecule has 3 nitrogen and oxygen atoms in total. The van der Waals surface area contributed by atoms with Gasteiger partial charge in [-0.15, -0.1) is 12.8 Å². The molecule has 2 aromatic carbocycles. The van der Waals surface area contributed by atoms with Gasteiger partial charge in [0.05, 0.1) is 0 Å². The van der Waals surface area contributed by atoms with E-state index in [1.54, 1.807) is 12.3 Å². The molecule has 0 aliphatic rings. The highest BCUT2D eigenvalue weighted by molar-refractivity contribution is 6.29. The van der Waals surface area contributed by atoms with Crippen LogP contribution in [0.2, 0.25) is 5.15 Å². The van der Waals surface area contributed by atoms with Crippen LogP contribution in [0.3, 0.4) is 0 Å². The van der Waals surface area contributed by atoms with Crippen molar-refractivity contribution in [3.8, 4) is 24.0 Å². The van der Waals surface area contributed by atoms with Crippen LogP contribution in [-0.2, 0) is 11.3 Å². The Morgan fingerprint density at radius 1 is 1.03 bits per heavy atom. The lowest BCUT2D eigenvalue weighted by atomic mass is 10.0. The fourth-order valence-corrected chi connectivity index (χ4v) is 2.60. The van der Waals surface area contributed by atoms with E-state index in [2.05, 4.69) is 23.1 Å². The van der Waals surface area contributed by atoms with Gasteiger partial charge in [-0.3, -0.25) is 4.79 Å². The lowest BCUT2D eigenvalue weighted by molar-refractivity contribution is -0.116. The molecule has 0 aliphatic heterocycles. The van der Waals surface area contributed by atoms with E-state index in [1.807, 2.05) is 30.3 Å². The monoisotopic (exact) mass is 410 g/mol. The molecule has 0 saturated carbocycles. The minimum absolute atomic E-state index is 0.245. The molecule has 0 saturated heterocycles. The van der Waals surface area contributed by atoms with Crippen LogP contribution in [0.1, 0.15) is 11.1 Å². The maximum absolute atomic E-state index is 13.5. The van der Waals surface area contributed by atoms with E-state index < -0.39 is 17.5 Å². The van der Waals surface area contributed by atoms with Crippen molar-refractivity contribution in [2.45, 2.75) is 6.54 Å². The molecular weight excluding hydrogens is 394 g/mol. The summed E-state index contributed by atoms with van der Waals surface area (Å²) in [5.74, 6) is -1.89. The smallest absolute Gasteiger partial charge is 0.244 e. The normalized spacial score (nSPS) is 10.2. The minimum atomic E-state index is -0.719. The van der Waals surface area contributed by atoms with Crippen molar-refractivity contribution in [1.29, 1.82) is 0 Å². The fourth-order valence-electron chi connectivity index (χ4n) is 2.48. The predicted octanol–water partition coefficient (Wildman–Crippen LogP) is 5.26. The van der Waals surface area contributed by atoms with Crippen LogP contribution in [0.5, 0.6) is 0 Å². The molecule has 1 N–H and O–H groups in total. The maximum atomic E-state index is 13.5. The lowest BCUT2D eigenvalue weighted by Crippen LogP contribution is -2.20. The molecule has 0 radical (unpaired) electrons. The number of carbonyl (C=O) groups excluding carboxylic acids is 1. The zero-order valence-corrected chi connectivity index (χ0v) is 16.0. The second-order valence-corrected chi connectivity index (χ2v) is 6.14. The Kier molecular flexibility index (Phi) is 8.08. The van der Waals surface area contributed by atoms with Gasteiger partial charge in [-0.05, 0) is 47.5 Å². The van der Waals surface area contributed by atoms with Gasteiger partial charge < -0.3 is 5.32 Å². The van der Waals surface area contributed by atoms with E-state index in [0.717, 1.165) is 41.0 Å². The summed E-state index contributed by atoms with van der Waals surface area (Å²) in [7, 11) is 0. The van der Waals surface area contributed by atoms with Gasteiger partial charge in [-0.1, -0.05) is 35.9 Å². The molecule has 1 heterocycles. The number of terminal acetylenes is 1. The number of aromatic nitrogens is 1. The number of hydrogen-bond donors (Lipinski definition) is 1. The van der Waals surface area contributed by atoms with Crippen molar-refractivity contribution in [3.05, 3.63) is 94.8 Å². The molecule has 0 bridgehead atoms. The van der Waals surface area contributed by atoms with Crippen LogP contribution in [0.25, 0.3) is 17.2 Å². The van der Waals surface area contributed by atoms with Gasteiger partial charge in [0.2, 0.25) is 5.91 Å². The number of hydrogen-bond acceptors (Lipinski definition) is 2. The van der Waals surface area contributed by atoms with Crippen LogP contribution in [0.15, 0.2) is 66.9 Å². The number of nitrogens with one attached hydrogen (secondary N) is 1. The molecule has 1 aromatic heterocycles. The molecule has 0 spiro atoms. The zero-order chi connectivity index (χ0) is 21.2. The largest absolute Gasteiger partial charge is 0.348 e. The van der Waals surface area contributed by atoms with Crippen LogP contribution < -0.4 is 5.32 Å². The van der Waals surface area contributed by atoms with Crippen molar-refractivity contribution in [2.24, 2.45) is 0 Å². The number of nitrogens with zero attached hydrogens (tertiary/aromatic N) is 1. The summed E-state index contributed by atoms with van der Waals surface area (Å²) in [5, 5.41) is 3.11. The summed E-state index contributed by atoms with van der Waals surface area (Å²) in [6.45, 7) is 0.276. The lowest BCUT2D eigenvalue weighted by Gasteiger charge is -2.06. The molecular formula is C23H17ClF2N2O. The first kappa shape index (κ1) is 21.8. The number of halogens is 3. The van der Waals surface area contributed by atoms with Crippen LogP contribution in [-0.4, -0.2) is 10.9 Å². The molecule has 3 rings (SSSR count). The summed E-state index contributed by atoms with van der Waals surface area (Å²) in [4.78, 5) is 16.0. The summed E-state index contributed by atoms with van der Waals surface area (Å²) < 4.78 is 27.1. The van der Waals surface area contributed by atoms with E-state index in [1.165, 1.54) is 6.07 Å². The SMILES string of the molecule is C#C.O=C(/C=C/c1c(F)cccc1F)NCc1cccc(-c2ccc(Cl)nc2)c1. The summed E-state index contributed by atoms with van der Waals surface area (Å²) in [6, 6.07) is 14.7. The van der Waals surface area contributed by atoms with E-state index in [0.29, 0.717) is 5.15 Å². The highest BCUT2D eigenvalue weighted by atomic mass is 35.5. The Labute approximate surface area is 173 Å². The highest BCUT2D eigenvalue weighted by Gasteiger charge is 2.06. The molecule has 0 aliphatic carbocycles. The van der Waals surface area contributed by atoms with Crippen molar-refractivity contribution in [1.82, 2.24) is 10.3 Å². The molecule has 6 heteroatoms. The van der Waals surface area contributed by atoms with Crippen molar-refractivity contribution >= 4 is 23.6 Å². The summed E-state index contributed by atoms with van der Waals surface area (Å²) in [6.07, 6.45) is 11.9. The number of amides is 1. The third-order valence-corrected chi connectivity index (χ3v) is 4.08. The number of pyridine rings is 1. The number of benzene rings is 2. The standard InChI is InChI=1S/C21H15ClF2N2O.C2H2/c22-20-9-7-16(13-25-20)15-4-1-3-14(11-15)12-26-21(27)10-8-17-18(23)5-2-6-19(17)24;1-2/h1-11,13H,12H2,(H,26,27);1-2H/b10-8+;. The fraction of sp³-hybridized carbons (Fsp3) is 0.0435. The molecule has 0 unspecified atom stereocenters. The van der Waals surface area contributed by atoms with Gasteiger partial charge in [-0.2, -0.15) is 0 Å². The quantitative estimate of drug-likeness (QED) is 0.354. The van der Waals surface area contributed by atoms with Gasteiger partial charge >= 0.3 is 0 Å². The summed E-state index contributed by atoms with van der Waals surface area (Å²) in [5.41, 5.74) is 2.48. The highest BCUT2D eigenvalue weighted by Crippen LogP contribution is 2.21. The zero-order valence-electron chi connectivity index (χ0n) is 15.3. The Morgan fingerprint density at radius 2 is 1.72 bits per heavy atom. The first-order valence-electron chi connectivity index (χ1n) is 8.47. The molecule has 146 valence electrons. The van der Waals surface area contributed by atoms with Gasteiger partial charge in [0, 0.05) is 29.9 Å². The van der Waals surface area contributed by atoms with E-state index in [9.17, 15) is 13.6 Å². The van der Waals surface area contributed by atoms with Gasteiger partial charge in [0.25, 0.3) is 0 Å². The predicted molar refractivity (Wildman–Crippen MR) is 112 cm³/mol. The molecule has 29 heavy (non-hydrogen) atoms. The number of carbonyl (C=O) groups is 1. The van der Waals surface area contributed by atoms with Gasteiger partial charge in [0.15, 0.2) is 0 Å². The Hall–Kier alpha value is -3.49. The average Bonchev–Trinajstić information content (AvgIpc) is 2.74. The Balaban J connectivity index is 0.00000145. The molecule has 0 atom stereocenters. The van der Waals surface area contributed by atoms with Gasteiger partial charge in [-0.25, -0.2) is 13.8 Å². The van der Waals surface area contributed by atoms with E-state index >= 15 is 0 Å². The molecule has 0 fully saturated rings. The summed E-state index contributed by atoms with van der Waals surface area (Å²) >= 11 is 5.80. The first-order chi connectivity index (χ1) is 14.0. The maximum Gasteiger partial charge on any atom is 0.244 e.